The van der Waals surface area contributed by atoms with Crippen molar-refractivity contribution in [1.29, 1.82) is 0 Å². The normalized spacial score (nSPS) is 23.7. The molecule has 0 saturated carbocycles. The van der Waals surface area contributed by atoms with Gasteiger partial charge >= 0.3 is 0 Å². The minimum absolute atomic E-state index is 0.0298. The molecule has 17 nitrogen and oxygen atoms in total. The summed E-state index contributed by atoms with van der Waals surface area (Å²) >= 11 is 0. The van der Waals surface area contributed by atoms with E-state index in [1.165, 1.54) is 0 Å². The maximum atomic E-state index is 13.5. The molecule has 4 saturated heterocycles. The Balaban J connectivity index is 0.789. The number of carbonyl (C=O) groups is 6. The van der Waals surface area contributed by atoms with Crippen molar-refractivity contribution in [2.24, 2.45) is 36.5 Å². The molecule has 5 aliphatic rings. The molecule has 5 N–H and O–H groups in total. The van der Waals surface area contributed by atoms with Crippen LogP contribution in [0.2, 0.25) is 0 Å². The van der Waals surface area contributed by atoms with Crippen LogP contribution in [0.15, 0.2) is 36.8 Å². The van der Waals surface area contributed by atoms with Crippen LogP contribution in [-0.4, -0.2) is 112 Å². The summed E-state index contributed by atoms with van der Waals surface area (Å²) in [7, 11) is 1.79. The van der Waals surface area contributed by atoms with Gasteiger partial charge in [-0.1, -0.05) is 0 Å². The van der Waals surface area contributed by atoms with E-state index >= 15 is 0 Å². The standard InChI is InChI=1S/C40H49N11O6/c1-48-21-26(18-43-48)44-38-34(37(41)55)42-19-31(46-38)51-12-2-3-25(22-51)45-39(56)24-10-13-49(14-11-24)20-23-8-15-50(16-9-23)27-4-5-28-30(17-27)36(54)33(35(28)53)29-6-7-32(52)47-40(29)57/h4-5,17-19,21,23-25,29,33H,2-3,6-16,20,22H2,1H3,(H2,41,55)(H,44,46)(H,45,56)(H,47,52,57)/t25-,29-,33?/m1/s1. The number of hydrogen-bond acceptors (Lipinski definition) is 13. The zero-order valence-electron chi connectivity index (χ0n) is 32.1. The number of piperidine rings is 4. The fraction of sp³-hybridized carbons (Fsp3) is 0.525. The Labute approximate surface area is 330 Å². The zero-order valence-corrected chi connectivity index (χ0v) is 32.1. The second-order valence-electron chi connectivity index (χ2n) is 16.1. The number of rotatable bonds is 10. The average molecular weight is 780 g/mol. The molecule has 4 aliphatic heterocycles. The van der Waals surface area contributed by atoms with Gasteiger partial charge in [-0.3, -0.25) is 38.8 Å². The molecule has 17 heteroatoms. The summed E-state index contributed by atoms with van der Waals surface area (Å²) in [5.41, 5.74) is 7.91. The van der Waals surface area contributed by atoms with Crippen molar-refractivity contribution < 1.29 is 28.8 Å². The molecule has 2 aromatic heterocycles. The SMILES string of the molecule is Cn1cc(Nc2nc(N3CCC[C@@H](NC(=O)C4CCN(CC5CCN(c6ccc7c(c6)C(=O)C([C@H]6CCC(=O)NC6=O)C7=O)CC5)CC4)C3)cnc2C(N)=O)cn1. The number of fused-ring (bicyclic) bond motifs is 1. The van der Waals surface area contributed by atoms with E-state index in [2.05, 4.69) is 40.7 Å². The molecule has 0 bridgehead atoms. The van der Waals surface area contributed by atoms with E-state index in [-0.39, 0.29) is 59.7 Å². The van der Waals surface area contributed by atoms with Crippen molar-refractivity contribution in [3.63, 3.8) is 0 Å². The van der Waals surface area contributed by atoms with Gasteiger partial charge in [0.25, 0.3) is 5.91 Å². The topological polar surface area (TPSA) is 218 Å². The third-order valence-electron chi connectivity index (χ3n) is 12.3. The summed E-state index contributed by atoms with van der Waals surface area (Å²) in [6.07, 6.45) is 10.6. The quantitative estimate of drug-likeness (QED) is 0.171. The maximum Gasteiger partial charge on any atom is 0.271 e. The minimum atomic E-state index is -1.06. The number of primary amides is 1. The first kappa shape index (κ1) is 38.2. The first-order chi connectivity index (χ1) is 27.5. The lowest BCUT2D eigenvalue weighted by Gasteiger charge is -2.39. The van der Waals surface area contributed by atoms with Gasteiger partial charge in [0.2, 0.25) is 17.7 Å². The van der Waals surface area contributed by atoms with Crippen molar-refractivity contribution in [3.05, 3.63) is 53.6 Å². The van der Waals surface area contributed by atoms with E-state index in [1.807, 2.05) is 6.07 Å². The molecule has 1 unspecified atom stereocenters. The van der Waals surface area contributed by atoms with Gasteiger partial charge in [-0.05, 0) is 82.2 Å². The highest BCUT2D eigenvalue weighted by Crippen LogP contribution is 2.37. The first-order valence-electron chi connectivity index (χ1n) is 20.0. The van der Waals surface area contributed by atoms with Gasteiger partial charge in [-0.15, -0.1) is 0 Å². The third-order valence-corrected chi connectivity index (χ3v) is 12.3. The number of aryl methyl sites for hydroxylation is 1. The lowest BCUT2D eigenvalue weighted by Crippen LogP contribution is -2.51. The van der Waals surface area contributed by atoms with Gasteiger partial charge in [0.15, 0.2) is 23.1 Å². The molecule has 1 aromatic carbocycles. The lowest BCUT2D eigenvalue weighted by molar-refractivity contribution is -0.137. The Morgan fingerprint density at radius 2 is 1.68 bits per heavy atom. The van der Waals surface area contributed by atoms with Crippen LogP contribution in [0.4, 0.5) is 23.0 Å². The van der Waals surface area contributed by atoms with Crippen LogP contribution in [0.1, 0.15) is 82.6 Å². The average Bonchev–Trinajstić information content (AvgIpc) is 3.73. The van der Waals surface area contributed by atoms with Gasteiger partial charge < -0.3 is 31.1 Å². The number of nitrogens with two attached hydrogens (primary N) is 1. The Kier molecular flexibility index (Phi) is 10.7. The predicted octanol–water partition coefficient (Wildman–Crippen LogP) is 1.81. The molecular weight excluding hydrogens is 731 g/mol. The Bertz CT molecular complexity index is 2090. The highest BCUT2D eigenvalue weighted by Gasteiger charge is 2.47. The molecule has 300 valence electrons. The highest BCUT2D eigenvalue weighted by atomic mass is 16.2. The number of hydrogen-bond donors (Lipinski definition) is 4. The molecule has 0 radical (unpaired) electrons. The maximum absolute atomic E-state index is 13.5. The van der Waals surface area contributed by atoms with E-state index in [0.29, 0.717) is 35.1 Å². The molecule has 3 atom stereocenters. The van der Waals surface area contributed by atoms with Crippen LogP contribution in [-0.2, 0) is 21.4 Å². The fourth-order valence-electron chi connectivity index (χ4n) is 9.16. The highest BCUT2D eigenvalue weighted by molar-refractivity contribution is 6.28. The zero-order chi connectivity index (χ0) is 39.8. The summed E-state index contributed by atoms with van der Waals surface area (Å²) in [6, 6.07) is 5.38. The van der Waals surface area contributed by atoms with Crippen LogP contribution >= 0.6 is 0 Å². The van der Waals surface area contributed by atoms with E-state index in [9.17, 15) is 28.8 Å². The van der Waals surface area contributed by atoms with E-state index < -0.39 is 23.7 Å². The van der Waals surface area contributed by atoms with Gasteiger partial charge in [-0.25, -0.2) is 9.97 Å². The minimum Gasteiger partial charge on any atom is -0.371 e. The number of anilines is 4. The fourth-order valence-corrected chi connectivity index (χ4v) is 9.16. The number of ketones is 2. The van der Waals surface area contributed by atoms with Crippen LogP contribution in [0.3, 0.4) is 0 Å². The monoisotopic (exact) mass is 779 g/mol. The largest absolute Gasteiger partial charge is 0.371 e. The van der Waals surface area contributed by atoms with Crippen molar-refractivity contribution in [2.75, 3.05) is 60.9 Å². The van der Waals surface area contributed by atoms with Gasteiger partial charge in [0.05, 0.1) is 29.9 Å². The summed E-state index contributed by atoms with van der Waals surface area (Å²) < 4.78 is 1.63. The summed E-state index contributed by atoms with van der Waals surface area (Å²) in [6.45, 7) is 5.74. The van der Waals surface area contributed by atoms with Gasteiger partial charge in [-0.2, -0.15) is 5.10 Å². The summed E-state index contributed by atoms with van der Waals surface area (Å²) in [5, 5.41) is 12.8. The number of nitrogens with one attached hydrogen (secondary N) is 3. The number of aromatic nitrogens is 4. The Morgan fingerprint density at radius 1 is 0.912 bits per heavy atom. The third kappa shape index (κ3) is 8.10. The van der Waals surface area contributed by atoms with Crippen molar-refractivity contribution in [3.8, 4) is 0 Å². The van der Waals surface area contributed by atoms with Crippen LogP contribution in [0.25, 0.3) is 0 Å². The second-order valence-corrected chi connectivity index (χ2v) is 16.1. The molecule has 6 heterocycles. The molecule has 3 aromatic rings. The molecule has 4 amide bonds. The molecule has 0 spiro atoms. The van der Waals surface area contributed by atoms with Crippen LogP contribution in [0.5, 0.6) is 0 Å². The van der Waals surface area contributed by atoms with Gasteiger partial charge in [0, 0.05) is 81.2 Å². The number of likely N-dealkylation sites (tertiary alicyclic amines) is 1. The summed E-state index contributed by atoms with van der Waals surface area (Å²) in [5.74, 6) is -2.68. The second kappa shape index (κ2) is 16.0. The van der Waals surface area contributed by atoms with Gasteiger partial charge in [0.1, 0.15) is 5.82 Å². The molecular formula is C40H49N11O6. The molecule has 1 aliphatic carbocycles. The van der Waals surface area contributed by atoms with Crippen molar-refractivity contribution in [2.45, 2.75) is 57.4 Å². The van der Waals surface area contributed by atoms with E-state index in [1.54, 1.807) is 42.5 Å². The van der Waals surface area contributed by atoms with Crippen LogP contribution < -0.4 is 31.5 Å². The summed E-state index contributed by atoms with van der Waals surface area (Å²) in [4.78, 5) is 92.1. The number of benzene rings is 1. The number of carbonyl (C=O) groups excluding carboxylic acids is 6. The number of Topliss-reactive ketones (excluding diaryl/α,β-unsaturated/α-hetero) is 2. The number of amides is 4. The number of imide groups is 1. The van der Waals surface area contributed by atoms with Crippen LogP contribution in [0, 0.1) is 23.7 Å². The Hall–Kier alpha value is -5.71. The molecule has 8 rings (SSSR count). The van der Waals surface area contributed by atoms with Crippen molar-refractivity contribution in [1.82, 2.24) is 35.3 Å². The molecule has 57 heavy (non-hydrogen) atoms. The predicted molar refractivity (Wildman–Crippen MR) is 209 cm³/mol. The van der Waals surface area contributed by atoms with Crippen molar-refractivity contribution >= 4 is 58.2 Å². The smallest absolute Gasteiger partial charge is 0.271 e. The van der Waals surface area contributed by atoms with E-state index in [4.69, 9.17) is 10.7 Å². The van der Waals surface area contributed by atoms with E-state index in [0.717, 1.165) is 83.5 Å². The molecule has 4 fully saturated rings. The Morgan fingerprint density at radius 3 is 2.40 bits per heavy atom. The number of nitrogens with zero attached hydrogens (tertiary/aromatic N) is 7. The lowest BCUT2D eigenvalue weighted by atomic mass is 9.82. The first-order valence-corrected chi connectivity index (χ1v) is 20.0.